The Hall–Kier alpha value is -2.24. The summed E-state index contributed by atoms with van der Waals surface area (Å²) in [5, 5.41) is 44.5. The van der Waals surface area contributed by atoms with Crippen LogP contribution in [0.2, 0.25) is 0 Å². The van der Waals surface area contributed by atoms with Crippen molar-refractivity contribution in [3.8, 4) is 0 Å². The van der Waals surface area contributed by atoms with E-state index in [9.17, 15) is 24.3 Å². The number of nitrogens with zero attached hydrogens (tertiary/aromatic N) is 1. The van der Waals surface area contributed by atoms with E-state index >= 15 is 0 Å². The predicted molar refractivity (Wildman–Crippen MR) is 62.0 cm³/mol. The van der Waals surface area contributed by atoms with Crippen molar-refractivity contribution in [3.05, 3.63) is 0 Å². The van der Waals surface area contributed by atoms with E-state index in [1.165, 1.54) is 0 Å². The second-order valence-electron chi connectivity index (χ2n) is 3.97. The Balaban J connectivity index is 5.25. The van der Waals surface area contributed by atoms with Crippen molar-refractivity contribution in [2.45, 2.75) is 38.1 Å². The summed E-state index contributed by atoms with van der Waals surface area (Å²) in [6.45, 7) is 1.01. The monoisotopic (exact) mass is 309 g/mol. The zero-order valence-corrected chi connectivity index (χ0v) is 10.9. The Morgan fingerprint density at radius 3 is 1.71 bits per heavy atom. The van der Waals surface area contributed by atoms with Crippen LogP contribution in [0.1, 0.15) is 19.8 Å². The molecular formula is C10H15NO10. The Morgan fingerprint density at radius 2 is 1.43 bits per heavy atom. The lowest BCUT2D eigenvalue weighted by molar-refractivity contribution is -0.280. The molecule has 0 aromatic carbocycles. The quantitative estimate of drug-likeness (QED) is 0.232. The van der Waals surface area contributed by atoms with Crippen LogP contribution in [-0.2, 0) is 24.0 Å². The average Bonchev–Trinajstić information content (AvgIpc) is 2.30. The van der Waals surface area contributed by atoms with Gasteiger partial charge in [0.2, 0.25) is 0 Å². The number of rotatable bonds is 10. The predicted octanol–water partition coefficient (Wildman–Crippen LogP) is -1.59. The molecule has 0 aliphatic rings. The molecular weight excluding hydrogens is 294 g/mol. The van der Waals surface area contributed by atoms with Gasteiger partial charge in [-0.3, -0.25) is 19.2 Å². The van der Waals surface area contributed by atoms with Gasteiger partial charge >= 0.3 is 23.9 Å². The van der Waals surface area contributed by atoms with E-state index in [0.717, 1.165) is 6.92 Å². The first-order valence-electron chi connectivity index (χ1n) is 5.58. The van der Waals surface area contributed by atoms with Gasteiger partial charge in [-0.15, -0.1) is 5.06 Å². The Bertz CT molecular complexity index is 420. The van der Waals surface area contributed by atoms with Crippen LogP contribution >= 0.6 is 0 Å². The summed E-state index contributed by atoms with van der Waals surface area (Å²) >= 11 is 0. The molecule has 3 atom stereocenters. The Kier molecular flexibility index (Phi) is 7.27. The maximum atomic E-state index is 11.0. The third kappa shape index (κ3) is 6.65. The molecule has 0 bridgehead atoms. The normalized spacial score (nSPS) is 15.2. The molecule has 0 aromatic heterocycles. The lowest BCUT2D eigenvalue weighted by Crippen LogP contribution is -2.50. The topological polar surface area (TPSA) is 182 Å². The first kappa shape index (κ1) is 18.8. The number of aliphatic hydroxyl groups excluding tert-OH is 1. The molecule has 0 fully saturated rings. The van der Waals surface area contributed by atoms with Gasteiger partial charge in [0.05, 0.1) is 12.8 Å². The van der Waals surface area contributed by atoms with Crippen LogP contribution in [0.25, 0.3) is 0 Å². The van der Waals surface area contributed by atoms with E-state index in [0.29, 0.717) is 0 Å². The van der Waals surface area contributed by atoms with Crippen LogP contribution in [0.4, 0.5) is 0 Å². The van der Waals surface area contributed by atoms with Gasteiger partial charge in [-0.05, 0) is 6.92 Å². The van der Waals surface area contributed by atoms with E-state index in [-0.39, 0.29) is 5.06 Å². The molecule has 0 saturated carbocycles. The van der Waals surface area contributed by atoms with Gasteiger partial charge in [-0.25, -0.2) is 4.79 Å². The number of hydrogen-bond acceptors (Lipinski definition) is 7. The summed E-state index contributed by atoms with van der Waals surface area (Å²) in [5.74, 6) is -6.44. The molecule has 0 spiro atoms. The zero-order valence-electron chi connectivity index (χ0n) is 10.9. The van der Waals surface area contributed by atoms with Crippen LogP contribution < -0.4 is 0 Å². The SMILES string of the molecule is CC(O)N(OC(CC(=O)O)C(=O)O)C(CC(=O)O)C(=O)O. The molecule has 0 aromatic rings. The molecule has 0 rings (SSSR count). The highest BCUT2D eigenvalue weighted by atomic mass is 16.7. The van der Waals surface area contributed by atoms with Gasteiger partial charge < -0.3 is 25.5 Å². The minimum absolute atomic E-state index is 0.234. The fourth-order valence-electron chi connectivity index (χ4n) is 1.35. The number of carboxylic acid groups (broad SMARTS) is 4. The smallest absolute Gasteiger partial charge is 0.335 e. The molecule has 11 nitrogen and oxygen atoms in total. The van der Waals surface area contributed by atoms with E-state index in [4.69, 9.17) is 20.4 Å². The van der Waals surface area contributed by atoms with Crippen molar-refractivity contribution in [2.24, 2.45) is 0 Å². The van der Waals surface area contributed by atoms with Crippen molar-refractivity contribution in [1.82, 2.24) is 5.06 Å². The number of aliphatic carboxylic acids is 4. The van der Waals surface area contributed by atoms with Crippen molar-refractivity contribution >= 4 is 23.9 Å². The van der Waals surface area contributed by atoms with E-state index in [1.54, 1.807) is 0 Å². The highest BCUT2D eigenvalue weighted by molar-refractivity contribution is 5.81. The summed E-state index contributed by atoms with van der Waals surface area (Å²) in [4.78, 5) is 47.6. The maximum Gasteiger partial charge on any atom is 0.335 e. The molecule has 21 heavy (non-hydrogen) atoms. The van der Waals surface area contributed by atoms with Crippen LogP contribution in [-0.4, -0.2) is 72.8 Å². The van der Waals surface area contributed by atoms with E-state index < -0.39 is 55.1 Å². The minimum atomic E-state index is -1.98. The second-order valence-corrected chi connectivity index (χ2v) is 3.97. The van der Waals surface area contributed by atoms with Crippen LogP contribution in [0.3, 0.4) is 0 Å². The van der Waals surface area contributed by atoms with Gasteiger partial charge in [-0.2, -0.15) is 0 Å². The largest absolute Gasteiger partial charge is 0.481 e. The summed E-state index contributed by atoms with van der Waals surface area (Å²) < 4.78 is 0. The minimum Gasteiger partial charge on any atom is -0.481 e. The molecule has 11 heteroatoms. The van der Waals surface area contributed by atoms with Crippen LogP contribution in [0, 0.1) is 0 Å². The third-order valence-electron chi connectivity index (χ3n) is 2.21. The van der Waals surface area contributed by atoms with Crippen molar-refractivity contribution < 1.29 is 49.5 Å². The van der Waals surface area contributed by atoms with Gasteiger partial charge in [0.1, 0.15) is 12.3 Å². The first-order chi connectivity index (χ1) is 9.56. The van der Waals surface area contributed by atoms with Gasteiger partial charge in [0, 0.05) is 0 Å². The fraction of sp³-hybridized carbons (Fsp3) is 0.600. The Morgan fingerprint density at radius 1 is 0.952 bits per heavy atom. The van der Waals surface area contributed by atoms with Crippen LogP contribution in [0.15, 0.2) is 0 Å². The molecule has 120 valence electrons. The molecule has 0 radical (unpaired) electrons. The van der Waals surface area contributed by atoms with Crippen molar-refractivity contribution in [3.63, 3.8) is 0 Å². The molecule has 0 aliphatic carbocycles. The zero-order chi connectivity index (χ0) is 16.7. The number of carboxylic acids is 4. The average molecular weight is 309 g/mol. The third-order valence-corrected chi connectivity index (χ3v) is 2.21. The molecule has 3 unspecified atom stereocenters. The molecule has 0 heterocycles. The number of hydroxylamine groups is 2. The number of carbonyl (C=O) groups is 4. The van der Waals surface area contributed by atoms with E-state index in [1.807, 2.05) is 0 Å². The maximum absolute atomic E-state index is 11.0. The fourth-order valence-corrected chi connectivity index (χ4v) is 1.35. The summed E-state index contributed by atoms with van der Waals surface area (Å²) in [6, 6.07) is -1.89. The summed E-state index contributed by atoms with van der Waals surface area (Å²) in [7, 11) is 0. The summed E-state index contributed by atoms with van der Waals surface area (Å²) in [6.07, 6.45) is -5.65. The lowest BCUT2D eigenvalue weighted by atomic mass is 10.2. The highest BCUT2D eigenvalue weighted by Crippen LogP contribution is 2.14. The highest BCUT2D eigenvalue weighted by Gasteiger charge is 2.36. The molecule has 0 saturated heterocycles. The second kappa shape index (κ2) is 8.14. The standard InChI is InChI=1S/C10H15NO10/c1-4(12)11(5(9(17)18)2-7(13)14)21-6(10(19)20)3-8(15)16/h4-6,12H,2-3H2,1H3,(H,13,14)(H,15,16)(H,17,18)(H,19,20). The number of hydrogen-bond donors (Lipinski definition) is 5. The van der Waals surface area contributed by atoms with Crippen molar-refractivity contribution in [1.29, 1.82) is 0 Å². The number of aliphatic hydroxyl groups is 1. The molecule has 5 N–H and O–H groups in total. The first-order valence-corrected chi connectivity index (χ1v) is 5.58. The van der Waals surface area contributed by atoms with Gasteiger partial charge in [0.15, 0.2) is 6.10 Å². The molecule has 0 amide bonds. The van der Waals surface area contributed by atoms with Gasteiger partial charge in [-0.1, -0.05) is 0 Å². The van der Waals surface area contributed by atoms with Crippen LogP contribution in [0.5, 0.6) is 0 Å². The van der Waals surface area contributed by atoms with Crippen molar-refractivity contribution in [2.75, 3.05) is 0 Å². The van der Waals surface area contributed by atoms with E-state index in [2.05, 4.69) is 4.84 Å². The summed E-state index contributed by atoms with van der Waals surface area (Å²) in [5.41, 5.74) is 0. The molecule has 0 aliphatic heterocycles. The van der Waals surface area contributed by atoms with Gasteiger partial charge in [0.25, 0.3) is 0 Å². The Labute approximate surface area is 117 Å². The lowest BCUT2D eigenvalue weighted by Gasteiger charge is -2.31.